The fourth-order valence-electron chi connectivity index (χ4n) is 3.23. The number of benzene rings is 2. The van der Waals surface area contributed by atoms with Crippen LogP contribution in [0.5, 0.6) is 0 Å². The third-order valence-corrected chi connectivity index (χ3v) is 5.18. The van der Waals surface area contributed by atoms with Gasteiger partial charge in [0.1, 0.15) is 0 Å². The lowest BCUT2D eigenvalue weighted by molar-refractivity contribution is -0.148. The first-order valence-corrected chi connectivity index (χ1v) is 10.5. The van der Waals surface area contributed by atoms with Crippen molar-refractivity contribution in [1.29, 1.82) is 0 Å². The summed E-state index contributed by atoms with van der Waals surface area (Å²) in [5, 5.41) is 6.48. The monoisotopic (exact) mass is 491 g/mol. The van der Waals surface area contributed by atoms with Crippen LogP contribution >= 0.6 is 11.6 Å². The van der Waals surface area contributed by atoms with Crippen LogP contribution < -0.4 is 5.32 Å². The summed E-state index contributed by atoms with van der Waals surface area (Å²) in [7, 11) is 0. The molecule has 0 saturated carbocycles. The van der Waals surface area contributed by atoms with Gasteiger partial charge in [0.25, 0.3) is 5.91 Å². The fourth-order valence-corrected chi connectivity index (χ4v) is 3.40. The van der Waals surface area contributed by atoms with Crippen LogP contribution in [-0.2, 0) is 20.5 Å². The molecule has 1 unspecified atom stereocenters. The minimum absolute atomic E-state index is 0.129. The van der Waals surface area contributed by atoms with E-state index in [0.29, 0.717) is 17.3 Å². The van der Waals surface area contributed by atoms with Crippen molar-refractivity contribution in [2.75, 3.05) is 5.32 Å². The lowest BCUT2D eigenvalue weighted by atomic mass is 10.1. The Balaban J connectivity index is 1.68. The molecule has 3 aromatic rings. The van der Waals surface area contributed by atoms with Crippen molar-refractivity contribution < 1.29 is 27.5 Å². The number of ether oxygens (including phenoxy) is 1. The first-order valence-electron chi connectivity index (χ1n) is 10.2. The third kappa shape index (κ3) is 5.85. The number of carbonyl (C=O) groups is 2. The second kappa shape index (κ2) is 10.1. The molecule has 1 N–H and O–H groups in total. The summed E-state index contributed by atoms with van der Waals surface area (Å²) in [6.45, 7) is 4.89. The van der Waals surface area contributed by atoms with Gasteiger partial charge in [-0.3, -0.25) is 4.79 Å². The van der Waals surface area contributed by atoms with E-state index in [1.54, 1.807) is 11.6 Å². The van der Waals surface area contributed by atoms with Crippen LogP contribution in [0.3, 0.4) is 0 Å². The molecule has 0 saturated heterocycles. The molecule has 6 nitrogen and oxygen atoms in total. The predicted molar refractivity (Wildman–Crippen MR) is 123 cm³/mol. The Labute approximate surface area is 199 Å². The Morgan fingerprint density at radius 3 is 2.47 bits per heavy atom. The summed E-state index contributed by atoms with van der Waals surface area (Å²) >= 11 is 5.64. The highest BCUT2D eigenvalue weighted by Crippen LogP contribution is 2.36. The number of aromatic nitrogens is 2. The average molecular weight is 492 g/mol. The highest BCUT2D eigenvalue weighted by molar-refractivity contribution is 6.30. The number of carbonyl (C=O) groups excluding carboxylic acids is 2. The van der Waals surface area contributed by atoms with Crippen molar-refractivity contribution in [2.45, 2.75) is 33.1 Å². The van der Waals surface area contributed by atoms with E-state index in [-0.39, 0.29) is 5.02 Å². The number of para-hydroxylation sites is 1. The molecule has 10 heteroatoms. The summed E-state index contributed by atoms with van der Waals surface area (Å²) in [6.07, 6.45) is -3.41. The van der Waals surface area contributed by atoms with Crippen LogP contribution in [0.25, 0.3) is 11.8 Å². The zero-order chi connectivity index (χ0) is 25.0. The SMILES string of the molecule is Cc1nn(-c2ccccc2)c(C)c1/C=C/C(=O)OC(C)C(=O)Nc1ccc(Cl)cc1C(F)(F)F. The molecule has 34 heavy (non-hydrogen) atoms. The highest BCUT2D eigenvalue weighted by atomic mass is 35.5. The maximum absolute atomic E-state index is 13.2. The smallest absolute Gasteiger partial charge is 0.418 e. The van der Waals surface area contributed by atoms with Gasteiger partial charge in [-0.2, -0.15) is 18.3 Å². The lowest BCUT2D eigenvalue weighted by Crippen LogP contribution is -2.30. The number of aryl methyl sites for hydroxylation is 1. The minimum Gasteiger partial charge on any atom is -0.449 e. The number of nitrogens with zero attached hydrogens (tertiary/aromatic N) is 2. The number of hydrogen-bond acceptors (Lipinski definition) is 4. The standard InChI is InChI=1S/C24H21ClF3N3O3/c1-14-19(15(2)31(30-14)18-7-5-4-6-8-18)10-12-22(32)34-16(3)23(33)29-21-11-9-17(25)13-20(21)24(26,27)28/h4-13,16H,1-3H3,(H,29,33)/b12-10+. The molecule has 2 aromatic carbocycles. The summed E-state index contributed by atoms with van der Waals surface area (Å²) in [4.78, 5) is 24.6. The number of nitrogens with one attached hydrogen (secondary N) is 1. The molecule has 178 valence electrons. The molecule has 1 heterocycles. The van der Waals surface area contributed by atoms with Crippen molar-refractivity contribution in [1.82, 2.24) is 9.78 Å². The molecular formula is C24H21ClF3N3O3. The van der Waals surface area contributed by atoms with E-state index in [9.17, 15) is 22.8 Å². The number of halogens is 4. The van der Waals surface area contributed by atoms with Crippen LogP contribution in [0.4, 0.5) is 18.9 Å². The van der Waals surface area contributed by atoms with Crippen molar-refractivity contribution in [3.05, 3.63) is 82.1 Å². The van der Waals surface area contributed by atoms with Gasteiger partial charge in [-0.25, -0.2) is 9.48 Å². The third-order valence-electron chi connectivity index (χ3n) is 4.94. The van der Waals surface area contributed by atoms with E-state index in [2.05, 4.69) is 10.4 Å². The van der Waals surface area contributed by atoms with Gasteiger partial charge in [0.05, 0.1) is 22.6 Å². The number of anilines is 1. The van der Waals surface area contributed by atoms with Crippen LogP contribution in [0.2, 0.25) is 5.02 Å². The van der Waals surface area contributed by atoms with Crippen LogP contribution in [0.15, 0.2) is 54.6 Å². The van der Waals surface area contributed by atoms with Gasteiger partial charge in [0, 0.05) is 22.4 Å². The second-order valence-electron chi connectivity index (χ2n) is 7.42. The van der Waals surface area contributed by atoms with Gasteiger partial charge in [-0.15, -0.1) is 0 Å². The number of rotatable bonds is 6. The normalized spacial score (nSPS) is 12.6. The Morgan fingerprint density at radius 1 is 1.15 bits per heavy atom. The molecule has 0 fully saturated rings. The van der Waals surface area contributed by atoms with E-state index >= 15 is 0 Å². The number of hydrogen-bond donors (Lipinski definition) is 1. The molecule has 0 spiro atoms. The lowest BCUT2D eigenvalue weighted by Gasteiger charge is -2.16. The average Bonchev–Trinajstić information content (AvgIpc) is 3.06. The van der Waals surface area contributed by atoms with Gasteiger partial charge < -0.3 is 10.1 Å². The molecule has 3 rings (SSSR count). The number of amides is 1. The van der Waals surface area contributed by atoms with Gasteiger partial charge >= 0.3 is 12.1 Å². The first kappa shape index (κ1) is 25.0. The maximum Gasteiger partial charge on any atom is 0.418 e. The zero-order valence-electron chi connectivity index (χ0n) is 18.5. The van der Waals surface area contributed by atoms with Crippen LogP contribution in [-0.4, -0.2) is 27.8 Å². The van der Waals surface area contributed by atoms with Crippen molar-refractivity contribution in [2.24, 2.45) is 0 Å². The Morgan fingerprint density at radius 2 is 1.82 bits per heavy atom. The van der Waals surface area contributed by atoms with Gasteiger partial charge in [-0.1, -0.05) is 29.8 Å². The largest absolute Gasteiger partial charge is 0.449 e. The van der Waals surface area contributed by atoms with Gasteiger partial charge in [0.2, 0.25) is 0 Å². The van der Waals surface area contributed by atoms with E-state index in [4.69, 9.17) is 16.3 Å². The Hall–Kier alpha value is -3.59. The number of alkyl halides is 3. The van der Waals surface area contributed by atoms with E-state index in [1.165, 1.54) is 19.1 Å². The molecule has 1 amide bonds. The predicted octanol–water partition coefficient (Wildman–Crippen LogP) is 5.74. The molecule has 0 aliphatic carbocycles. The highest BCUT2D eigenvalue weighted by Gasteiger charge is 2.34. The van der Waals surface area contributed by atoms with E-state index in [1.807, 2.05) is 37.3 Å². The first-order chi connectivity index (χ1) is 16.0. The van der Waals surface area contributed by atoms with Crippen molar-refractivity contribution in [3.63, 3.8) is 0 Å². The molecule has 0 radical (unpaired) electrons. The topological polar surface area (TPSA) is 73.2 Å². The Kier molecular flexibility index (Phi) is 7.46. The molecule has 1 aromatic heterocycles. The van der Waals surface area contributed by atoms with Gasteiger partial charge in [-0.05, 0) is 57.2 Å². The van der Waals surface area contributed by atoms with Crippen LogP contribution in [0.1, 0.15) is 29.4 Å². The summed E-state index contributed by atoms with van der Waals surface area (Å²) in [6, 6.07) is 12.4. The molecule has 0 bridgehead atoms. The molecule has 0 aliphatic heterocycles. The fraction of sp³-hybridized carbons (Fsp3) is 0.208. The quantitative estimate of drug-likeness (QED) is 0.352. The van der Waals surface area contributed by atoms with Crippen molar-refractivity contribution >= 4 is 35.2 Å². The summed E-state index contributed by atoms with van der Waals surface area (Å²) in [5.41, 5.74) is 1.44. The zero-order valence-corrected chi connectivity index (χ0v) is 19.2. The second-order valence-corrected chi connectivity index (χ2v) is 7.86. The summed E-state index contributed by atoms with van der Waals surface area (Å²) in [5.74, 6) is -1.75. The minimum atomic E-state index is -4.73. The Bertz CT molecular complexity index is 1240. The molecule has 0 aliphatic rings. The summed E-state index contributed by atoms with van der Waals surface area (Å²) < 4.78 is 46.4. The molecule has 1 atom stereocenters. The number of esters is 1. The maximum atomic E-state index is 13.2. The van der Waals surface area contributed by atoms with E-state index < -0.39 is 35.4 Å². The molecular weight excluding hydrogens is 471 g/mol. The van der Waals surface area contributed by atoms with Crippen molar-refractivity contribution in [3.8, 4) is 5.69 Å². The van der Waals surface area contributed by atoms with E-state index in [0.717, 1.165) is 23.5 Å². The van der Waals surface area contributed by atoms with Gasteiger partial charge in [0.15, 0.2) is 6.10 Å². The van der Waals surface area contributed by atoms with Crippen LogP contribution in [0, 0.1) is 13.8 Å².